The molecule has 1 unspecified atom stereocenters. The van der Waals surface area contributed by atoms with E-state index < -0.39 is 16.0 Å². The van der Waals surface area contributed by atoms with Gasteiger partial charge in [-0.2, -0.15) is 0 Å². The quantitative estimate of drug-likeness (QED) is 0.766. The Morgan fingerprint density at radius 1 is 1.38 bits per heavy atom. The molecule has 1 aromatic rings. The van der Waals surface area contributed by atoms with E-state index in [0.29, 0.717) is 13.2 Å². The molecule has 0 aliphatic rings. The van der Waals surface area contributed by atoms with Crippen LogP contribution in [0.2, 0.25) is 0 Å². The third-order valence-electron chi connectivity index (χ3n) is 3.11. The summed E-state index contributed by atoms with van der Waals surface area (Å²) in [6, 6.07) is 3.83. The Labute approximate surface area is 125 Å². The van der Waals surface area contributed by atoms with Crippen molar-refractivity contribution in [3.05, 3.63) is 23.8 Å². The Bertz CT molecular complexity index is 597. The van der Waals surface area contributed by atoms with Crippen LogP contribution in [0.5, 0.6) is 5.75 Å². The highest BCUT2D eigenvalue weighted by Crippen LogP contribution is 2.23. The molecule has 118 valence electrons. The molecule has 0 radical (unpaired) electrons. The first-order chi connectivity index (χ1) is 9.81. The standard InChI is InChI=1S/C14H21NO5S/c1-4-10(3)9-15-21(18,19)11-6-7-13(20-5-2)12(8-11)14(16)17/h6-8,10,15H,4-5,9H2,1-3H3,(H,16,17). The Hall–Kier alpha value is -1.60. The van der Waals surface area contributed by atoms with Crippen molar-refractivity contribution in [1.82, 2.24) is 4.72 Å². The van der Waals surface area contributed by atoms with Crippen LogP contribution in [0.1, 0.15) is 37.6 Å². The highest BCUT2D eigenvalue weighted by molar-refractivity contribution is 7.89. The van der Waals surface area contributed by atoms with E-state index in [-0.39, 0.29) is 22.1 Å². The molecule has 1 aromatic carbocycles. The molecule has 2 N–H and O–H groups in total. The second-order valence-electron chi connectivity index (χ2n) is 4.76. The summed E-state index contributed by atoms with van der Waals surface area (Å²) in [5.41, 5.74) is -0.164. The van der Waals surface area contributed by atoms with Gasteiger partial charge in [0.1, 0.15) is 11.3 Å². The van der Waals surface area contributed by atoms with Crippen LogP contribution in [-0.4, -0.2) is 32.6 Å². The molecular formula is C14H21NO5S. The van der Waals surface area contributed by atoms with Crippen molar-refractivity contribution >= 4 is 16.0 Å². The van der Waals surface area contributed by atoms with Crippen LogP contribution < -0.4 is 9.46 Å². The first-order valence-corrected chi connectivity index (χ1v) is 8.29. The first kappa shape index (κ1) is 17.5. The zero-order valence-corrected chi connectivity index (χ0v) is 13.2. The van der Waals surface area contributed by atoms with E-state index in [1.165, 1.54) is 12.1 Å². The van der Waals surface area contributed by atoms with Gasteiger partial charge in [0.25, 0.3) is 0 Å². The first-order valence-electron chi connectivity index (χ1n) is 6.81. The molecule has 0 bridgehead atoms. The van der Waals surface area contributed by atoms with Crippen molar-refractivity contribution in [3.8, 4) is 5.75 Å². The van der Waals surface area contributed by atoms with Gasteiger partial charge in [-0.3, -0.25) is 0 Å². The predicted molar refractivity (Wildman–Crippen MR) is 79.2 cm³/mol. The minimum atomic E-state index is -3.72. The molecule has 0 fully saturated rings. The number of carbonyl (C=O) groups is 1. The molecule has 1 atom stereocenters. The SMILES string of the molecule is CCOc1ccc(S(=O)(=O)NCC(C)CC)cc1C(=O)O. The average molecular weight is 315 g/mol. The van der Waals surface area contributed by atoms with E-state index >= 15 is 0 Å². The lowest BCUT2D eigenvalue weighted by Gasteiger charge is -2.12. The molecular weight excluding hydrogens is 294 g/mol. The normalized spacial score (nSPS) is 12.9. The van der Waals surface area contributed by atoms with Crippen molar-refractivity contribution in [2.45, 2.75) is 32.1 Å². The number of rotatable bonds is 8. The van der Waals surface area contributed by atoms with Gasteiger partial charge in [0, 0.05) is 6.54 Å². The largest absolute Gasteiger partial charge is 0.493 e. The number of benzene rings is 1. The molecule has 6 nitrogen and oxygen atoms in total. The topological polar surface area (TPSA) is 92.7 Å². The Morgan fingerprint density at radius 3 is 2.57 bits per heavy atom. The zero-order valence-electron chi connectivity index (χ0n) is 12.4. The van der Waals surface area contributed by atoms with Crippen molar-refractivity contribution in [2.24, 2.45) is 5.92 Å². The van der Waals surface area contributed by atoms with Gasteiger partial charge in [-0.15, -0.1) is 0 Å². The van der Waals surface area contributed by atoms with Gasteiger partial charge in [0.15, 0.2) is 0 Å². The fourth-order valence-corrected chi connectivity index (χ4v) is 2.80. The maximum Gasteiger partial charge on any atom is 0.339 e. The number of hydrogen-bond acceptors (Lipinski definition) is 4. The van der Waals surface area contributed by atoms with Gasteiger partial charge in [-0.05, 0) is 31.0 Å². The van der Waals surface area contributed by atoms with E-state index in [0.717, 1.165) is 12.5 Å². The molecule has 0 aliphatic carbocycles. The third-order valence-corrected chi connectivity index (χ3v) is 4.53. The van der Waals surface area contributed by atoms with E-state index in [1.54, 1.807) is 6.92 Å². The van der Waals surface area contributed by atoms with Gasteiger partial charge in [0.2, 0.25) is 10.0 Å². The molecule has 0 amide bonds. The smallest absolute Gasteiger partial charge is 0.339 e. The van der Waals surface area contributed by atoms with Crippen LogP contribution in [0.15, 0.2) is 23.1 Å². The summed E-state index contributed by atoms with van der Waals surface area (Å²) in [4.78, 5) is 11.1. The molecule has 1 rings (SSSR count). The molecule has 0 heterocycles. The van der Waals surface area contributed by atoms with Crippen LogP contribution in [0.25, 0.3) is 0 Å². The summed E-state index contributed by atoms with van der Waals surface area (Å²) in [6.45, 7) is 6.25. The lowest BCUT2D eigenvalue weighted by Crippen LogP contribution is -2.28. The van der Waals surface area contributed by atoms with Crippen LogP contribution in [0.4, 0.5) is 0 Å². The van der Waals surface area contributed by atoms with Crippen molar-refractivity contribution < 1.29 is 23.1 Å². The Balaban J connectivity index is 3.07. The predicted octanol–water partition coefficient (Wildman–Crippen LogP) is 2.11. The lowest BCUT2D eigenvalue weighted by atomic mass is 10.1. The second kappa shape index (κ2) is 7.42. The number of hydrogen-bond donors (Lipinski definition) is 2. The molecule has 21 heavy (non-hydrogen) atoms. The monoisotopic (exact) mass is 315 g/mol. The minimum absolute atomic E-state index is 0.0772. The molecule has 0 saturated heterocycles. The fraction of sp³-hybridized carbons (Fsp3) is 0.500. The highest BCUT2D eigenvalue weighted by Gasteiger charge is 2.19. The van der Waals surface area contributed by atoms with Gasteiger partial charge in [0.05, 0.1) is 11.5 Å². The number of nitrogens with one attached hydrogen (secondary N) is 1. The van der Waals surface area contributed by atoms with Crippen molar-refractivity contribution in [1.29, 1.82) is 0 Å². The summed E-state index contributed by atoms with van der Waals surface area (Å²) in [6.07, 6.45) is 0.853. The van der Waals surface area contributed by atoms with Crippen LogP contribution in [0.3, 0.4) is 0 Å². The van der Waals surface area contributed by atoms with Gasteiger partial charge < -0.3 is 9.84 Å². The summed E-state index contributed by atoms with van der Waals surface area (Å²) in [5.74, 6) is -0.857. The molecule has 0 aliphatic heterocycles. The van der Waals surface area contributed by atoms with Gasteiger partial charge in [-0.1, -0.05) is 20.3 Å². The number of sulfonamides is 1. The van der Waals surface area contributed by atoms with Gasteiger partial charge >= 0.3 is 5.97 Å². The molecule has 0 spiro atoms. The molecule has 0 saturated carbocycles. The van der Waals surface area contributed by atoms with Crippen LogP contribution in [0, 0.1) is 5.92 Å². The molecule has 0 aromatic heterocycles. The Kier molecular flexibility index (Phi) is 6.17. The maximum atomic E-state index is 12.2. The maximum absolute atomic E-state index is 12.2. The number of ether oxygens (including phenoxy) is 1. The van der Waals surface area contributed by atoms with E-state index in [1.807, 2.05) is 13.8 Å². The second-order valence-corrected chi connectivity index (χ2v) is 6.53. The zero-order chi connectivity index (χ0) is 16.0. The summed E-state index contributed by atoms with van der Waals surface area (Å²) < 4.78 is 32.0. The van der Waals surface area contributed by atoms with E-state index in [4.69, 9.17) is 9.84 Å². The van der Waals surface area contributed by atoms with Crippen molar-refractivity contribution in [2.75, 3.05) is 13.2 Å². The summed E-state index contributed by atoms with van der Waals surface area (Å²) in [7, 11) is -3.72. The summed E-state index contributed by atoms with van der Waals surface area (Å²) in [5, 5.41) is 9.14. The number of carboxylic acid groups (broad SMARTS) is 1. The van der Waals surface area contributed by atoms with E-state index in [9.17, 15) is 13.2 Å². The van der Waals surface area contributed by atoms with Crippen LogP contribution in [-0.2, 0) is 10.0 Å². The third kappa shape index (κ3) is 4.71. The van der Waals surface area contributed by atoms with E-state index in [2.05, 4.69) is 4.72 Å². The number of aromatic carboxylic acids is 1. The minimum Gasteiger partial charge on any atom is -0.493 e. The van der Waals surface area contributed by atoms with Crippen molar-refractivity contribution in [3.63, 3.8) is 0 Å². The fourth-order valence-electron chi connectivity index (χ4n) is 1.60. The van der Waals surface area contributed by atoms with Crippen LogP contribution >= 0.6 is 0 Å². The lowest BCUT2D eigenvalue weighted by molar-refractivity contribution is 0.0692. The molecule has 7 heteroatoms. The average Bonchev–Trinajstić information content (AvgIpc) is 2.45. The van der Waals surface area contributed by atoms with Gasteiger partial charge in [-0.25, -0.2) is 17.9 Å². The Morgan fingerprint density at radius 2 is 2.05 bits per heavy atom. The summed E-state index contributed by atoms with van der Waals surface area (Å²) >= 11 is 0. The highest BCUT2D eigenvalue weighted by atomic mass is 32.2. The number of carboxylic acids is 1.